The van der Waals surface area contributed by atoms with Crippen molar-refractivity contribution in [2.24, 2.45) is 0 Å². The number of nitrogens with zero attached hydrogens (tertiary/aromatic N) is 1. The summed E-state index contributed by atoms with van der Waals surface area (Å²) in [5.74, 6) is 0.134. The van der Waals surface area contributed by atoms with Crippen molar-refractivity contribution in [1.82, 2.24) is 10.2 Å². The van der Waals surface area contributed by atoms with E-state index in [2.05, 4.69) is 5.32 Å². The molecule has 3 aromatic carbocycles. The van der Waals surface area contributed by atoms with Crippen LogP contribution in [0.5, 0.6) is 5.75 Å². The number of ether oxygens (including phenoxy) is 1. The zero-order chi connectivity index (χ0) is 21.8. The second kappa shape index (κ2) is 9.00. The molecule has 3 aromatic rings. The lowest BCUT2D eigenvalue weighted by Gasteiger charge is -2.27. The van der Waals surface area contributed by atoms with Crippen LogP contribution in [0.3, 0.4) is 0 Å². The van der Waals surface area contributed by atoms with Crippen molar-refractivity contribution in [3.63, 3.8) is 0 Å². The van der Waals surface area contributed by atoms with Gasteiger partial charge in [-0.1, -0.05) is 83.9 Å². The fourth-order valence-electron chi connectivity index (χ4n) is 3.71. The Hall–Kier alpha value is -3.02. The molecule has 1 aliphatic rings. The van der Waals surface area contributed by atoms with Gasteiger partial charge in [0.25, 0.3) is 5.91 Å². The van der Waals surface area contributed by atoms with Crippen LogP contribution in [0.15, 0.2) is 78.9 Å². The molecule has 0 radical (unpaired) electrons. The minimum atomic E-state index is -1.17. The monoisotopic (exact) mass is 454 g/mol. The molecule has 31 heavy (non-hydrogen) atoms. The number of carbonyl (C=O) groups is 2. The van der Waals surface area contributed by atoms with Gasteiger partial charge in [-0.05, 0) is 29.3 Å². The molecule has 0 aliphatic carbocycles. The minimum absolute atomic E-state index is 0.0903. The van der Waals surface area contributed by atoms with Crippen LogP contribution in [0.4, 0.5) is 4.79 Å². The van der Waals surface area contributed by atoms with Crippen molar-refractivity contribution < 1.29 is 14.3 Å². The van der Waals surface area contributed by atoms with Crippen molar-refractivity contribution in [3.05, 3.63) is 100 Å². The Bertz CT molecular complexity index is 1090. The predicted octanol–water partition coefficient (Wildman–Crippen LogP) is 5.06. The summed E-state index contributed by atoms with van der Waals surface area (Å²) in [7, 11) is 0. The van der Waals surface area contributed by atoms with E-state index in [0.717, 1.165) is 11.1 Å². The van der Waals surface area contributed by atoms with Gasteiger partial charge in [0, 0.05) is 11.4 Å². The number of hydrogen-bond acceptors (Lipinski definition) is 3. The maximum Gasteiger partial charge on any atom is 0.325 e. The zero-order valence-corrected chi connectivity index (χ0v) is 18.1. The van der Waals surface area contributed by atoms with E-state index >= 15 is 0 Å². The van der Waals surface area contributed by atoms with Crippen LogP contribution in [0, 0.1) is 0 Å². The number of imide groups is 1. The minimum Gasteiger partial charge on any atom is -0.490 e. The third kappa shape index (κ3) is 4.38. The highest BCUT2D eigenvalue weighted by Crippen LogP contribution is 2.33. The molecule has 0 spiro atoms. The fourth-order valence-corrected chi connectivity index (χ4v) is 4.17. The smallest absolute Gasteiger partial charge is 0.325 e. The van der Waals surface area contributed by atoms with Crippen LogP contribution in [0.2, 0.25) is 10.0 Å². The highest BCUT2D eigenvalue weighted by atomic mass is 35.5. The number of urea groups is 1. The molecular formula is C24H20Cl2N2O3. The molecule has 0 saturated carbocycles. The number of amides is 3. The molecular weight excluding hydrogens is 435 g/mol. The summed E-state index contributed by atoms with van der Waals surface area (Å²) in [6, 6.07) is 23.4. The standard InChI is InChI=1S/C24H20Cl2N2O3/c25-19-11-12-21(20(26)15-19)31-14-13-28-22(29)24(27-23(28)30,18-9-5-2-6-10-18)16-17-7-3-1-4-8-17/h1-12,15H,13-14,16H2,(H,27,30). The maximum atomic E-state index is 13.5. The first-order chi connectivity index (χ1) is 15.0. The van der Waals surface area contributed by atoms with Crippen molar-refractivity contribution in [2.75, 3.05) is 13.2 Å². The van der Waals surface area contributed by atoms with E-state index in [0.29, 0.717) is 22.2 Å². The molecule has 1 unspecified atom stereocenters. The van der Waals surface area contributed by atoms with Gasteiger partial charge in [-0.15, -0.1) is 0 Å². The summed E-state index contributed by atoms with van der Waals surface area (Å²) in [6.07, 6.45) is 0.350. The number of halogens is 2. The van der Waals surface area contributed by atoms with Crippen LogP contribution in [-0.2, 0) is 16.8 Å². The second-order valence-corrected chi connectivity index (χ2v) is 8.09. The van der Waals surface area contributed by atoms with Gasteiger partial charge >= 0.3 is 6.03 Å². The molecule has 0 bridgehead atoms. The summed E-state index contributed by atoms with van der Waals surface area (Å²) in [5, 5.41) is 3.81. The van der Waals surface area contributed by atoms with Crippen LogP contribution >= 0.6 is 23.2 Å². The SMILES string of the molecule is O=C1NC(Cc2ccccc2)(c2ccccc2)C(=O)N1CCOc1ccc(Cl)cc1Cl. The van der Waals surface area contributed by atoms with Crippen molar-refractivity contribution in [3.8, 4) is 5.75 Å². The average molecular weight is 455 g/mol. The molecule has 1 fully saturated rings. The van der Waals surface area contributed by atoms with Crippen LogP contribution in [-0.4, -0.2) is 30.0 Å². The van der Waals surface area contributed by atoms with Crippen molar-refractivity contribution in [2.45, 2.75) is 12.0 Å². The summed E-state index contributed by atoms with van der Waals surface area (Å²) >= 11 is 12.0. The Kier molecular flexibility index (Phi) is 6.16. The molecule has 4 rings (SSSR count). The molecule has 3 amide bonds. The van der Waals surface area contributed by atoms with Gasteiger partial charge < -0.3 is 10.1 Å². The van der Waals surface area contributed by atoms with E-state index in [1.54, 1.807) is 18.2 Å². The van der Waals surface area contributed by atoms with E-state index in [4.69, 9.17) is 27.9 Å². The topological polar surface area (TPSA) is 58.6 Å². The lowest BCUT2D eigenvalue weighted by Crippen LogP contribution is -2.46. The summed E-state index contributed by atoms with van der Waals surface area (Å²) < 4.78 is 5.68. The Morgan fingerprint density at radius 1 is 0.903 bits per heavy atom. The molecule has 158 valence electrons. The number of nitrogens with one attached hydrogen (secondary N) is 1. The van der Waals surface area contributed by atoms with Gasteiger partial charge in [0.05, 0.1) is 11.6 Å². The second-order valence-electron chi connectivity index (χ2n) is 7.24. The Morgan fingerprint density at radius 2 is 1.58 bits per heavy atom. The predicted molar refractivity (Wildman–Crippen MR) is 120 cm³/mol. The Balaban J connectivity index is 1.55. The maximum absolute atomic E-state index is 13.5. The molecule has 0 aromatic heterocycles. The van der Waals surface area contributed by atoms with Gasteiger partial charge in [-0.25, -0.2) is 4.79 Å². The number of carbonyl (C=O) groups excluding carboxylic acids is 2. The van der Waals surface area contributed by atoms with Gasteiger partial charge in [-0.2, -0.15) is 0 Å². The highest BCUT2D eigenvalue weighted by molar-refractivity contribution is 6.35. The normalized spacial score (nSPS) is 18.2. The summed E-state index contributed by atoms with van der Waals surface area (Å²) in [4.78, 5) is 27.5. The number of benzene rings is 3. The molecule has 7 heteroatoms. The molecule has 1 aliphatic heterocycles. The lowest BCUT2D eigenvalue weighted by atomic mass is 9.83. The van der Waals surface area contributed by atoms with E-state index in [1.165, 1.54) is 4.90 Å². The molecule has 1 N–H and O–H groups in total. The van der Waals surface area contributed by atoms with Gasteiger partial charge in [0.15, 0.2) is 5.54 Å². The molecule has 5 nitrogen and oxygen atoms in total. The first-order valence-corrected chi connectivity index (χ1v) is 10.6. The molecule has 1 atom stereocenters. The van der Waals surface area contributed by atoms with Gasteiger partial charge in [0.2, 0.25) is 0 Å². The van der Waals surface area contributed by atoms with E-state index in [9.17, 15) is 9.59 Å². The third-order valence-electron chi connectivity index (χ3n) is 5.22. The van der Waals surface area contributed by atoms with Crippen LogP contribution < -0.4 is 10.1 Å². The number of rotatable bonds is 7. The molecule has 1 heterocycles. The zero-order valence-electron chi connectivity index (χ0n) is 16.6. The number of hydrogen-bond donors (Lipinski definition) is 1. The van der Waals surface area contributed by atoms with Crippen LogP contribution in [0.1, 0.15) is 11.1 Å². The van der Waals surface area contributed by atoms with Gasteiger partial charge in [-0.3, -0.25) is 9.69 Å². The fraction of sp³-hybridized carbons (Fsp3) is 0.167. The van der Waals surface area contributed by atoms with E-state index < -0.39 is 11.6 Å². The summed E-state index contributed by atoms with van der Waals surface area (Å²) in [5.41, 5.74) is 0.518. The molecule has 1 saturated heterocycles. The van der Waals surface area contributed by atoms with E-state index in [1.807, 2.05) is 60.7 Å². The average Bonchev–Trinajstić information content (AvgIpc) is 3.01. The largest absolute Gasteiger partial charge is 0.490 e. The highest BCUT2D eigenvalue weighted by Gasteiger charge is 2.52. The summed E-state index contributed by atoms with van der Waals surface area (Å²) in [6.45, 7) is 0.198. The van der Waals surface area contributed by atoms with Gasteiger partial charge in [0.1, 0.15) is 12.4 Å². The van der Waals surface area contributed by atoms with Crippen molar-refractivity contribution in [1.29, 1.82) is 0 Å². The quantitative estimate of drug-likeness (QED) is 0.507. The lowest BCUT2D eigenvalue weighted by molar-refractivity contribution is -0.131. The van der Waals surface area contributed by atoms with E-state index in [-0.39, 0.29) is 19.1 Å². The first kappa shape index (κ1) is 21.2. The Morgan fingerprint density at radius 3 is 2.26 bits per heavy atom. The van der Waals surface area contributed by atoms with Crippen molar-refractivity contribution >= 4 is 35.1 Å². The first-order valence-electron chi connectivity index (χ1n) is 9.81. The van der Waals surface area contributed by atoms with Crippen LogP contribution in [0.25, 0.3) is 0 Å². The Labute approximate surface area is 190 Å². The third-order valence-corrected chi connectivity index (χ3v) is 5.75.